The van der Waals surface area contributed by atoms with Gasteiger partial charge >= 0.3 is 6.03 Å². The molecule has 0 aliphatic heterocycles. The number of carbonyl (C=O) groups excluding carboxylic acids is 1. The summed E-state index contributed by atoms with van der Waals surface area (Å²) in [5.41, 5.74) is 13.0. The topological polar surface area (TPSA) is 131 Å². The lowest BCUT2D eigenvalue weighted by Gasteiger charge is -2.15. The molecule has 0 fully saturated rings. The molecule has 0 bridgehead atoms. The highest BCUT2D eigenvalue weighted by Gasteiger charge is 2.15. The Morgan fingerprint density at radius 3 is 2.51 bits per heavy atom. The Hall–Kier alpha value is -4.05. The van der Waals surface area contributed by atoms with E-state index >= 15 is 0 Å². The van der Waals surface area contributed by atoms with Gasteiger partial charge in [-0.15, -0.1) is 0 Å². The number of carbonyl (C=O) groups is 1. The van der Waals surface area contributed by atoms with Gasteiger partial charge in [0.05, 0.1) is 27.6 Å². The van der Waals surface area contributed by atoms with Gasteiger partial charge in [-0.25, -0.2) is 23.5 Å². The number of hydrogen-bond donors (Lipinski definition) is 4. The number of rotatable bonds is 5. The third-order valence-corrected chi connectivity index (χ3v) is 4.79. The van der Waals surface area contributed by atoms with E-state index in [1.54, 1.807) is 6.07 Å². The number of nitrogens with zero attached hydrogens (tertiary/aromatic N) is 3. The zero-order valence-corrected chi connectivity index (χ0v) is 20.0. The fraction of sp³-hybridized carbons (Fsp3) is 0.167. The molecular weight excluding hydrogens is 476 g/mol. The van der Waals surface area contributed by atoms with Crippen molar-refractivity contribution in [1.82, 2.24) is 9.97 Å². The van der Waals surface area contributed by atoms with Gasteiger partial charge in [-0.3, -0.25) is 4.99 Å². The number of allylic oxidation sites excluding steroid dienone is 1. The standard InChI is InChI=1S/C24H24ClF2N7O/c1-24(2,3)31-12-17(21(28)19-6-7-30-22(29)33-19)13-8-15(27)10-16(9-13)32-23(35)34-20-11-14(26)4-5-18(20)25/h4-12H,28H2,1-3H3,(H2,29,30,33)(H2,32,34,35). The van der Waals surface area contributed by atoms with Crippen molar-refractivity contribution in [3.63, 3.8) is 0 Å². The van der Waals surface area contributed by atoms with Crippen LogP contribution < -0.4 is 22.1 Å². The molecule has 8 nitrogen and oxygen atoms in total. The number of urea groups is 1. The molecule has 182 valence electrons. The smallest absolute Gasteiger partial charge is 0.323 e. The molecule has 0 unspecified atom stereocenters. The van der Waals surface area contributed by atoms with Crippen LogP contribution in [0.1, 0.15) is 32.0 Å². The quantitative estimate of drug-likeness (QED) is 0.352. The Bertz CT molecular complexity index is 1320. The van der Waals surface area contributed by atoms with Crippen molar-refractivity contribution in [2.24, 2.45) is 10.7 Å². The van der Waals surface area contributed by atoms with E-state index in [1.807, 2.05) is 20.8 Å². The first-order valence-corrected chi connectivity index (χ1v) is 10.8. The molecule has 3 aromatic rings. The van der Waals surface area contributed by atoms with Crippen LogP contribution in [0.15, 0.2) is 53.7 Å². The van der Waals surface area contributed by atoms with E-state index < -0.39 is 23.2 Å². The van der Waals surface area contributed by atoms with E-state index in [1.165, 1.54) is 30.6 Å². The number of hydrogen-bond acceptors (Lipinski definition) is 6. The molecule has 1 heterocycles. The average Bonchev–Trinajstić information content (AvgIpc) is 2.75. The third-order valence-electron chi connectivity index (χ3n) is 4.46. The van der Waals surface area contributed by atoms with E-state index in [0.29, 0.717) is 16.8 Å². The molecule has 35 heavy (non-hydrogen) atoms. The monoisotopic (exact) mass is 499 g/mol. The van der Waals surface area contributed by atoms with Crippen LogP contribution in [-0.4, -0.2) is 27.8 Å². The third kappa shape index (κ3) is 7.21. The lowest BCUT2D eigenvalue weighted by molar-refractivity contribution is 0.262. The summed E-state index contributed by atoms with van der Waals surface area (Å²) in [6.07, 6.45) is 2.96. The van der Waals surface area contributed by atoms with E-state index in [0.717, 1.165) is 18.2 Å². The number of aromatic nitrogens is 2. The summed E-state index contributed by atoms with van der Waals surface area (Å²) < 4.78 is 28.1. The number of nitrogens with one attached hydrogen (secondary N) is 2. The molecule has 0 aliphatic rings. The molecule has 2 amide bonds. The maximum Gasteiger partial charge on any atom is 0.323 e. The van der Waals surface area contributed by atoms with Crippen molar-refractivity contribution >= 4 is 52.4 Å². The van der Waals surface area contributed by atoms with Crippen LogP contribution in [0.2, 0.25) is 5.02 Å². The molecular formula is C24H24ClF2N7O. The molecule has 0 atom stereocenters. The molecule has 3 rings (SSSR count). The summed E-state index contributed by atoms with van der Waals surface area (Å²) in [5, 5.41) is 5.08. The number of anilines is 3. The first-order valence-electron chi connectivity index (χ1n) is 10.4. The number of nitrogens with two attached hydrogens (primary N) is 2. The Kier molecular flexibility index (Phi) is 7.65. The van der Waals surface area contributed by atoms with Crippen molar-refractivity contribution in [3.05, 3.63) is 76.6 Å². The van der Waals surface area contributed by atoms with Crippen molar-refractivity contribution in [2.75, 3.05) is 16.4 Å². The highest BCUT2D eigenvalue weighted by Crippen LogP contribution is 2.27. The Labute approximate surface area is 206 Å². The SMILES string of the molecule is CC(C)(C)N=CC(=C(N)c1ccnc(N)n1)c1cc(F)cc(NC(=O)Nc2cc(F)ccc2Cl)c1. The van der Waals surface area contributed by atoms with E-state index in [9.17, 15) is 13.6 Å². The summed E-state index contributed by atoms with van der Waals surface area (Å²) in [7, 11) is 0. The predicted molar refractivity (Wildman–Crippen MR) is 136 cm³/mol. The maximum absolute atomic E-state index is 14.6. The molecule has 11 heteroatoms. The van der Waals surface area contributed by atoms with Crippen molar-refractivity contribution in [2.45, 2.75) is 26.3 Å². The van der Waals surface area contributed by atoms with Gasteiger partial charge in [0.25, 0.3) is 0 Å². The Morgan fingerprint density at radius 1 is 1.09 bits per heavy atom. The van der Waals surface area contributed by atoms with Crippen LogP contribution in [0.3, 0.4) is 0 Å². The summed E-state index contributed by atoms with van der Waals surface area (Å²) in [6.45, 7) is 5.67. The lowest BCUT2D eigenvalue weighted by Crippen LogP contribution is -2.20. The Morgan fingerprint density at radius 2 is 1.83 bits per heavy atom. The number of halogens is 3. The van der Waals surface area contributed by atoms with Gasteiger partial charge in [0, 0.05) is 23.7 Å². The molecule has 0 saturated carbocycles. The number of amides is 2. The fourth-order valence-electron chi connectivity index (χ4n) is 2.91. The number of aliphatic imine (C=N–C) groups is 1. The zero-order valence-electron chi connectivity index (χ0n) is 19.2. The summed E-state index contributed by atoms with van der Waals surface area (Å²) in [4.78, 5) is 24.9. The van der Waals surface area contributed by atoms with Crippen LogP contribution in [0.25, 0.3) is 11.3 Å². The van der Waals surface area contributed by atoms with Crippen LogP contribution in [-0.2, 0) is 0 Å². The first kappa shape index (κ1) is 25.6. The minimum Gasteiger partial charge on any atom is -0.396 e. The molecule has 2 aromatic carbocycles. The lowest BCUT2D eigenvalue weighted by atomic mass is 10.0. The van der Waals surface area contributed by atoms with Crippen LogP contribution in [0.5, 0.6) is 0 Å². The van der Waals surface area contributed by atoms with Crippen molar-refractivity contribution in [1.29, 1.82) is 0 Å². The normalized spacial score (nSPS) is 12.4. The second kappa shape index (κ2) is 10.5. The van der Waals surface area contributed by atoms with E-state index in [4.69, 9.17) is 23.1 Å². The maximum atomic E-state index is 14.6. The molecule has 0 saturated heterocycles. The minimum atomic E-state index is -0.750. The first-order chi connectivity index (χ1) is 16.4. The summed E-state index contributed by atoms with van der Waals surface area (Å²) >= 11 is 5.99. The van der Waals surface area contributed by atoms with Crippen LogP contribution >= 0.6 is 11.6 Å². The predicted octanol–water partition coefficient (Wildman–Crippen LogP) is 5.33. The molecule has 6 N–H and O–H groups in total. The molecule has 1 aromatic heterocycles. The minimum absolute atomic E-state index is 0.0202. The van der Waals surface area contributed by atoms with Gasteiger partial charge in [0.2, 0.25) is 5.95 Å². The second-order valence-corrected chi connectivity index (χ2v) is 8.90. The Balaban J connectivity index is 2.00. The van der Waals surface area contributed by atoms with Gasteiger partial charge in [0.1, 0.15) is 11.6 Å². The average molecular weight is 500 g/mol. The van der Waals surface area contributed by atoms with Crippen LogP contribution in [0, 0.1) is 11.6 Å². The van der Waals surface area contributed by atoms with Crippen molar-refractivity contribution in [3.8, 4) is 0 Å². The second-order valence-electron chi connectivity index (χ2n) is 8.49. The van der Waals surface area contributed by atoms with Gasteiger partial charge < -0.3 is 22.1 Å². The van der Waals surface area contributed by atoms with Gasteiger partial charge in [-0.05, 0) is 68.8 Å². The summed E-state index contributed by atoms with van der Waals surface area (Å²) in [6, 6.07) is 8.22. The van der Waals surface area contributed by atoms with E-state index in [-0.39, 0.29) is 28.0 Å². The highest BCUT2D eigenvalue weighted by molar-refractivity contribution is 6.33. The fourth-order valence-corrected chi connectivity index (χ4v) is 3.08. The molecule has 0 radical (unpaired) electrons. The van der Waals surface area contributed by atoms with E-state index in [2.05, 4.69) is 25.6 Å². The largest absolute Gasteiger partial charge is 0.396 e. The zero-order chi connectivity index (χ0) is 25.8. The van der Waals surface area contributed by atoms with Gasteiger partial charge in [-0.2, -0.15) is 0 Å². The summed E-state index contributed by atoms with van der Waals surface area (Å²) in [5.74, 6) is -1.20. The van der Waals surface area contributed by atoms with Crippen LogP contribution in [0.4, 0.5) is 30.9 Å². The van der Waals surface area contributed by atoms with Gasteiger partial charge in [-0.1, -0.05) is 11.6 Å². The van der Waals surface area contributed by atoms with Crippen molar-refractivity contribution < 1.29 is 13.6 Å². The molecule has 0 spiro atoms. The highest BCUT2D eigenvalue weighted by atomic mass is 35.5. The number of nitrogen functional groups attached to an aromatic ring is 1. The molecule has 0 aliphatic carbocycles. The van der Waals surface area contributed by atoms with Gasteiger partial charge in [0.15, 0.2) is 0 Å². The number of benzene rings is 2.